The number of nitrogens with one attached hydrogen (secondary N) is 2. The first-order valence-corrected chi connectivity index (χ1v) is 8.06. The van der Waals surface area contributed by atoms with Gasteiger partial charge in [0.1, 0.15) is 18.0 Å². The molecule has 8 nitrogen and oxygen atoms in total. The third-order valence-corrected chi connectivity index (χ3v) is 4.22. The van der Waals surface area contributed by atoms with Gasteiger partial charge in [-0.1, -0.05) is 0 Å². The van der Waals surface area contributed by atoms with Gasteiger partial charge in [0, 0.05) is 26.2 Å². The fourth-order valence-corrected chi connectivity index (χ4v) is 2.96. The van der Waals surface area contributed by atoms with Gasteiger partial charge < -0.3 is 20.6 Å². The zero-order valence-electron chi connectivity index (χ0n) is 14.2. The Labute approximate surface area is 141 Å². The summed E-state index contributed by atoms with van der Waals surface area (Å²) >= 11 is 0. The molecule has 0 aliphatic carbocycles. The fraction of sp³-hybridized carbons (Fsp3) is 0.500. The Hall–Kier alpha value is -2.48. The molecule has 0 unspecified atom stereocenters. The molecule has 1 fully saturated rings. The van der Waals surface area contributed by atoms with Gasteiger partial charge in [0.25, 0.3) is 0 Å². The lowest BCUT2D eigenvalue weighted by Crippen LogP contribution is -2.35. The van der Waals surface area contributed by atoms with E-state index < -0.39 is 0 Å². The number of hydrogen-bond donors (Lipinski definition) is 3. The molecule has 3 rings (SSSR count). The second-order valence-corrected chi connectivity index (χ2v) is 6.07. The van der Waals surface area contributed by atoms with Crippen LogP contribution in [0.3, 0.4) is 0 Å². The summed E-state index contributed by atoms with van der Waals surface area (Å²) in [6.07, 6.45) is 1.88. The number of anilines is 3. The second-order valence-electron chi connectivity index (χ2n) is 6.07. The van der Waals surface area contributed by atoms with E-state index in [4.69, 9.17) is 0 Å². The van der Waals surface area contributed by atoms with E-state index in [9.17, 15) is 5.11 Å². The first kappa shape index (κ1) is 16.4. The Morgan fingerprint density at radius 1 is 1.25 bits per heavy atom. The van der Waals surface area contributed by atoms with E-state index in [0.29, 0.717) is 19.5 Å². The number of aryl methyl sites for hydroxylation is 2. The fourth-order valence-electron chi connectivity index (χ4n) is 2.96. The van der Waals surface area contributed by atoms with Crippen molar-refractivity contribution in [2.24, 2.45) is 0 Å². The number of aliphatic hydroxyl groups is 1. The molecule has 3 N–H and O–H groups in total. The van der Waals surface area contributed by atoms with Crippen LogP contribution in [0.25, 0.3) is 0 Å². The van der Waals surface area contributed by atoms with E-state index >= 15 is 0 Å². The van der Waals surface area contributed by atoms with Crippen LogP contribution in [0.5, 0.6) is 0 Å². The number of nitrogens with zero attached hydrogens (tertiary/aromatic N) is 5. The highest BCUT2D eigenvalue weighted by molar-refractivity contribution is 5.51. The Bertz CT molecular complexity index is 709. The number of aromatic nitrogens is 4. The van der Waals surface area contributed by atoms with Crippen molar-refractivity contribution in [3.8, 4) is 0 Å². The minimum atomic E-state index is -0.358. The average Bonchev–Trinajstić information content (AvgIpc) is 2.96. The van der Waals surface area contributed by atoms with E-state index in [1.807, 2.05) is 33.0 Å². The molecule has 0 bridgehead atoms. The lowest BCUT2D eigenvalue weighted by Gasteiger charge is -2.26. The van der Waals surface area contributed by atoms with Crippen molar-refractivity contribution in [1.29, 1.82) is 0 Å². The topological polar surface area (TPSA) is 99.1 Å². The summed E-state index contributed by atoms with van der Waals surface area (Å²) in [5.74, 6) is 1.58. The first-order valence-electron chi connectivity index (χ1n) is 8.06. The molecule has 0 spiro atoms. The summed E-state index contributed by atoms with van der Waals surface area (Å²) in [4.78, 5) is 10.6. The summed E-state index contributed by atoms with van der Waals surface area (Å²) in [7, 11) is 1.82. The smallest absolute Gasteiger partial charge is 0.134 e. The molecule has 128 valence electrons. The molecule has 2 aromatic heterocycles. The van der Waals surface area contributed by atoms with Crippen molar-refractivity contribution in [3.05, 3.63) is 29.8 Å². The highest BCUT2D eigenvalue weighted by Crippen LogP contribution is 2.26. The number of aliphatic hydroxyl groups excluding tert-OH is 1. The molecular formula is C16H23N7O. The molecule has 2 aromatic rings. The summed E-state index contributed by atoms with van der Waals surface area (Å²) in [5.41, 5.74) is 2.72. The van der Waals surface area contributed by atoms with Gasteiger partial charge in [0.05, 0.1) is 29.2 Å². The quantitative estimate of drug-likeness (QED) is 0.746. The van der Waals surface area contributed by atoms with Crippen LogP contribution >= 0.6 is 0 Å². The molecule has 3 heterocycles. The van der Waals surface area contributed by atoms with Gasteiger partial charge in [0.15, 0.2) is 0 Å². The van der Waals surface area contributed by atoms with Gasteiger partial charge in [0.2, 0.25) is 0 Å². The molecule has 24 heavy (non-hydrogen) atoms. The van der Waals surface area contributed by atoms with Crippen molar-refractivity contribution >= 4 is 17.3 Å². The summed E-state index contributed by atoms with van der Waals surface area (Å²) in [6.45, 7) is 5.12. The highest BCUT2D eigenvalue weighted by atomic mass is 16.3. The van der Waals surface area contributed by atoms with Crippen LogP contribution in [0.15, 0.2) is 18.5 Å². The van der Waals surface area contributed by atoms with Crippen molar-refractivity contribution in [2.75, 3.05) is 35.7 Å². The average molecular weight is 329 g/mol. The zero-order valence-corrected chi connectivity index (χ0v) is 14.2. The molecule has 0 amide bonds. The van der Waals surface area contributed by atoms with Crippen molar-refractivity contribution in [3.63, 3.8) is 0 Å². The van der Waals surface area contributed by atoms with Crippen LogP contribution in [0.2, 0.25) is 0 Å². The van der Waals surface area contributed by atoms with Gasteiger partial charge in [-0.3, -0.25) is 0 Å². The zero-order chi connectivity index (χ0) is 17.1. The Morgan fingerprint density at radius 2 is 2.08 bits per heavy atom. The lowest BCUT2D eigenvalue weighted by molar-refractivity contribution is 0.194. The monoisotopic (exact) mass is 329 g/mol. The van der Waals surface area contributed by atoms with Crippen molar-refractivity contribution in [1.82, 2.24) is 20.2 Å². The van der Waals surface area contributed by atoms with Crippen LogP contribution in [-0.2, 0) is 0 Å². The maximum Gasteiger partial charge on any atom is 0.134 e. The number of hydrogen-bond acceptors (Lipinski definition) is 8. The van der Waals surface area contributed by atoms with E-state index in [-0.39, 0.29) is 12.1 Å². The summed E-state index contributed by atoms with van der Waals surface area (Å²) in [5, 5.41) is 24.7. The van der Waals surface area contributed by atoms with Crippen LogP contribution < -0.4 is 15.5 Å². The molecule has 0 radical (unpaired) electrons. The van der Waals surface area contributed by atoms with Crippen LogP contribution in [0.1, 0.15) is 17.8 Å². The second kappa shape index (κ2) is 6.96. The van der Waals surface area contributed by atoms with Gasteiger partial charge >= 0.3 is 0 Å². The maximum atomic E-state index is 10.1. The Morgan fingerprint density at radius 3 is 2.88 bits per heavy atom. The Balaban J connectivity index is 1.74. The van der Waals surface area contributed by atoms with E-state index in [1.165, 1.54) is 6.33 Å². The van der Waals surface area contributed by atoms with Crippen molar-refractivity contribution < 1.29 is 5.11 Å². The molecule has 0 aromatic carbocycles. The predicted octanol–water partition coefficient (Wildman–Crippen LogP) is 0.977. The van der Waals surface area contributed by atoms with Gasteiger partial charge in [-0.2, -0.15) is 10.2 Å². The van der Waals surface area contributed by atoms with E-state index in [1.54, 1.807) is 0 Å². The third kappa shape index (κ3) is 3.53. The molecule has 8 heteroatoms. The van der Waals surface area contributed by atoms with Crippen LogP contribution in [0, 0.1) is 13.8 Å². The maximum absolute atomic E-state index is 10.1. The number of β-amino-alcohol motifs (C(OH)–C–C–N with tert-alkyl or cyclic N) is 1. The van der Waals surface area contributed by atoms with Gasteiger partial charge in [-0.15, -0.1) is 0 Å². The first-order chi connectivity index (χ1) is 11.6. The minimum Gasteiger partial charge on any atom is -0.391 e. The molecule has 1 aliphatic rings. The molecule has 1 saturated heterocycles. The predicted molar refractivity (Wildman–Crippen MR) is 93.3 cm³/mol. The minimum absolute atomic E-state index is 0.146. The molecule has 0 saturated carbocycles. The van der Waals surface area contributed by atoms with Crippen LogP contribution in [-0.4, -0.2) is 57.6 Å². The molecular weight excluding hydrogens is 306 g/mol. The third-order valence-electron chi connectivity index (χ3n) is 4.22. The van der Waals surface area contributed by atoms with Crippen LogP contribution in [0.4, 0.5) is 17.3 Å². The summed E-state index contributed by atoms with van der Waals surface area (Å²) in [6, 6.07) is 4.03. The SMILES string of the molecule is CNc1cc(N2C[C@H](O)C[C@@H]2CNc2cc(C)nnc2C)ncn1. The Kier molecular flexibility index (Phi) is 4.75. The number of rotatable bonds is 5. The normalized spacial score (nSPS) is 20.2. The van der Waals surface area contributed by atoms with Gasteiger partial charge in [-0.25, -0.2) is 9.97 Å². The largest absolute Gasteiger partial charge is 0.391 e. The lowest BCUT2D eigenvalue weighted by atomic mass is 10.2. The molecule has 1 aliphatic heterocycles. The standard InChI is InChI=1S/C16H23N7O/c1-10-4-14(11(2)22-21-10)18-7-12-5-13(24)8-23(12)16-6-15(17-3)19-9-20-16/h4,6,9,12-13,24H,5,7-8H2,1-3H3,(H,18,21)(H,17,19,20)/t12-,13-/m1/s1. The summed E-state index contributed by atoms with van der Waals surface area (Å²) < 4.78 is 0. The van der Waals surface area contributed by atoms with Crippen molar-refractivity contribution in [2.45, 2.75) is 32.4 Å². The van der Waals surface area contributed by atoms with E-state index in [0.717, 1.165) is 28.7 Å². The highest BCUT2D eigenvalue weighted by Gasteiger charge is 2.32. The van der Waals surface area contributed by atoms with Gasteiger partial charge in [-0.05, 0) is 26.3 Å². The molecule has 2 atom stereocenters. The van der Waals surface area contributed by atoms with E-state index in [2.05, 4.69) is 35.7 Å².